The van der Waals surface area contributed by atoms with E-state index in [-0.39, 0.29) is 11.7 Å². The van der Waals surface area contributed by atoms with Gasteiger partial charge in [-0.05, 0) is 61.4 Å². The van der Waals surface area contributed by atoms with Crippen LogP contribution in [0.3, 0.4) is 0 Å². The van der Waals surface area contributed by atoms with Crippen molar-refractivity contribution in [3.8, 4) is 16.9 Å². The highest BCUT2D eigenvalue weighted by molar-refractivity contribution is 7.99. The summed E-state index contributed by atoms with van der Waals surface area (Å²) in [7, 11) is 0. The van der Waals surface area contributed by atoms with Crippen molar-refractivity contribution >= 4 is 23.4 Å². The maximum absolute atomic E-state index is 12.3. The van der Waals surface area contributed by atoms with E-state index >= 15 is 0 Å². The first-order valence-electron chi connectivity index (χ1n) is 9.52. The van der Waals surface area contributed by atoms with E-state index in [9.17, 15) is 4.79 Å². The van der Waals surface area contributed by atoms with Crippen LogP contribution < -0.4 is 5.32 Å². The van der Waals surface area contributed by atoms with E-state index in [0.29, 0.717) is 5.03 Å². The Balaban J connectivity index is 1.35. The number of aromatic nitrogens is 4. The lowest BCUT2D eigenvalue weighted by Gasteiger charge is -2.09. The summed E-state index contributed by atoms with van der Waals surface area (Å²) in [6, 6.07) is 19.7. The second-order valence-corrected chi connectivity index (χ2v) is 7.91. The highest BCUT2D eigenvalue weighted by atomic mass is 32.2. The minimum Gasteiger partial charge on any atom is -0.325 e. The van der Waals surface area contributed by atoms with E-state index in [1.165, 1.54) is 11.8 Å². The van der Waals surface area contributed by atoms with Crippen molar-refractivity contribution in [3.63, 3.8) is 0 Å². The fraction of sp³-hybridized carbons (Fsp3) is 0.130. The average molecular weight is 416 g/mol. The van der Waals surface area contributed by atoms with Crippen LogP contribution >= 0.6 is 11.8 Å². The molecule has 6 nitrogen and oxygen atoms in total. The topological polar surface area (TPSA) is 72.7 Å². The van der Waals surface area contributed by atoms with Gasteiger partial charge in [0.05, 0.1) is 17.1 Å². The number of nitrogens with one attached hydrogen (secondary N) is 1. The average Bonchev–Trinajstić information content (AvgIpc) is 3.30. The van der Waals surface area contributed by atoms with E-state index in [0.717, 1.165) is 33.8 Å². The zero-order valence-electron chi connectivity index (χ0n) is 16.7. The minimum atomic E-state index is -0.0613. The molecule has 150 valence electrons. The lowest BCUT2D eigenvalue weighted by atomic mass is 10.1. The molecule has 7 heteroatoms. The summed E-state index contributed by atoms with van der Waals surface area (Å²) in [5.41, 5.74) is 5.75. The Kier molecular flexibility index (Phi) is 5.90. The van der Waals surface area contributed by atoms with Crippen LogP contribution in [0.25, 0.3) is 16.9 Å². The number of amides is 1. The van der Waals surface area contributed by atoms with Crippen LogP contribution in [0.1, 0.15) is 11.1 Å². The van der Waals surface area contributed by atoms with Gasteiger partial charge in [0, 0.05) is 23.6 Å². The van der Waals surface area contributed by atoms with Gasteiger partial charge in [-0.1, -0.05) is 36.0 Å². The van der Waals surface area contributed by atoms with Gasteiger partial charge in [-0.3, -0.25) is 4.79 Å². The molecular weight excluding hydrogens is 394 g/mol. The SMILES string of the molecule is Cc1ccc(C)c(NC(=O)CSc2ccc(-c3ccc(-n4cccn4)cc3)nn2)c1. The molecule has 4 rings (SSSR count). The number of anilines is 1. The predicted octanol–water partition coefficient (Wildman–Crippen LogP) is 4.68. The summed E-state index contributed by atoms with van der Waals surface area (Å²) >= 11 is 1.37. The van der Waals surface area contributed by atoms with Crippen LogP contribution in [0.2, 0.25) is 0 Å². The fourth-order valence-corrected chi connectivity index (χ4v) is 3.57. The number of benzene rings is 2. The third kappa shape index (κ3) is 4.75. The maximum atomic E-state index is 12.3. The summed E-state index contributed by atoms with van der Waals surface area (Å²) in [6.07, 6.45) is 3.65. The second-order valence-electron chi connectivity index (χ2n) is 6.91. The Hall–Kier alpha value is -3.45. The highest BCUT2D eigenvalue weighted by Crippen LogP contribution is 2.22. The molecular formula is C23H21N5OS. The van der Waals surface area contributed by atoms with Gasteiger partial charge in [-0.25, -0.2) is 4.68 Å². The molecule has 1 N–H and O–H groups in total. The van der Waals surface area contributed by atoms with Crippen LogP contribution in [0.15, 0.2) is 78.1 Å². The lowest BCUT2D eigenvalue weighted by molar-refractivity contribution is -0.113. The van der Waals surface area contributed by atoms with Crippen molar-refractivity contribution in [1.29, 1.82) is 0 Å². The third-order valence-electron chi connectivity index (χ3n) is 4.59. The number of hydrogen-bond donors (Lipinski definition) is 1. The molecule has 0 aliphatic heterocycles. The van der Waals surface area contributed by atoms with E-state index in [1.54, 1.807) is 10.9 Å². The zero-order valence-corrected chi connectivity index (χ0v) is 17.6. The Morgan fingerprint density at radius 1 is 1.03 bits per heavy atom. The molecule has 0 spiro atoms. The van der Waals surface area contributed by atoms with Crippen LogP contribution in [0.5, 0.6) is 0 Å². The molecule has 2 aromatic carbocycles. The standard InChI is InChI=1S/C23H21N5OS/c1-16-4-5-17(2)21(14-16)25-22(29)15-30-23-11-10-20(26-27-23)18-6-8-19(9-7-18)28-13-3-12-24-28/h3-14H,15H2,1-2H3,(H,25,29). The molecule has 2 heterocycles. The molecule has 0 aliphatic carbocycles. The quantitative estimate of drug-likeness (QED) is 0.463. The molecule has 0 saturated heterocycles. The molecule has 0 bridgehead atoms. The maximum Gasteiger partial charge on any atom is 0.234 e. The summed E-state index contributed by atoms with van der Waals surface area (Å²) in [4.78, 5) is 12.3. The van der Waals surface area contributed by atoms with Crippen LogP contribution in [-0.2, 0) is 4.79 Å². The minimum absolute atomic E-state index is 0.0613. The third-order valence-corrected chi connectivity index (χ3v) is 5.51. The zero-order chi connectivity index (χ0) is 20.9. The predicted molar refractivity (Wildman–Crippen MR) is 120 cm³/mol. The van der Waals surface area contributed by atoms with Gasteiger partial charge < -0.3 is 5.32 Å². The molecule has 4 aromatic rings. The van der Waals surface area contributed by atoms with Gasteiger partial charge in [0.1, 0.15) is 5.03 Å². The Morgan fingerprint density at radius 2 is 1.87 bits per heavy atom. The van der Waals surface area contributed by atoms with Crippen molar-refractivity contribution in [2.45, 2.75) is 18.9 Å². The Labute approximate surface area is 179 Å². The lowest BCUT2D eigenvalue weighted by Crippen LogP contribution is -2.15. The second kappa shape index (κ2) is 8.92. The first kappa shape index (κ1) is 19.8. The van der Waals surface area contributed by atoms with Crippen molar-refractivity contribution in [2.75, 3.05) is 11.1 Å². The van der Waals surface area contributed by atoms with Crippen molar-refractivity contribution in [1.82, 2.24) is 20.0 Å². The smallest absolute Gasteiger partial charge is 0.234 e. The molecule has 30 heavy (non-hydrogen) atoms. The van der Waals surface area contributed by atoms with Gasteiger partial charge >= 0.3 is 0 Å². The van der Waals surface area contributed by atoms with Crippen molar-refractivity contribution in [2.24, 2.45) is 0 Å². The number of thioether (sulfide) groups is 1. The summed E-state index contributed by atoms with van der Waals surface area (Å²) in [5, 5.41) is 16.5. The van der Waals surface area contributed by atoms with Gasteiger partial charge in [0.2, 0.25) is 5.91 Å². The molecule has 0 unspecified atom stereocenters. The Morgan fingerprint density at radius 3 is 2.57 bits per heavy atom. The fourth-order valence-electron chi connectivity index (χ4n) is 2.95. The van der Waals surface area contributed by atoms with E-state index < -0.39 is 0 Å². The summed E-state index contributed by atoms with van der Waals surface area (Å²) in [5.74, 6) is 0.216. The molecule has 0 fully saturated rings. The molecule has 0 saturated carbocycles. The normalized spacial score (nSPS) is 10.7. The molecule has 1 amide bonds. The van der Waals surface area contributed by atoms with Crippen molar-refractivity contribution in [3.05, 3.63) is 84.2 Å². The summed E-state index contributed by atoms with van der Waals surface area (Å²) in [6.45, 7) is 3.99. The first-order valence-corrected chi connectivity index (χ1v) is 10.5. The number of rotatable bonds is 6. The number of carbonyl (C=O) groups excluding carboxylic acids is 1. The number of aryl methyl sites for hydroxylation is 2. The van der Waals surface area contributed by atoms with Crippen LogP contribution in [0, 0.1) is 13.8 Å². The van der Waals surface area contributed by atoms with Gasteiger partial charge in [-0.2, -0.15) is 5.10 Å². The number of carbonyl (C=O) groups is 1. The molecule has 0 radical (unpaired) electrons. The molecule has 2 aromatic heterocycles. The monoisotopic (exact) mass is 415 g/mol. The molecule has 0 atom stereocenters. The summed E-state index contributed by atoms with van der Waals surface area (Å²) < 4.78 is 1.80. The van der Waals surface area contributed by atoms with Crippen molar-refractivity contribution < 1.29 is 4.79 Å². The first-order chi connectivity index (χ1) is 14.6. The van der Waals surface area contributed by atoms with E-state index in [1.807, 2.05) is 80.7 Å². The largest absolute Gasteiger partial charge is 0.325 e. The van der Waals surface area contributed by atoms with E-state index in [2.05, 4.69) is 20.6 Å². The van der Waals surface area contributed by atoms with Gasteiger partial charge in [0.25, 0.3) is 0 Å². The van der Waals surface area contributed by atoms with Gasteiger partial charge in [0.15, 0.2) is 0 Å². The van der Waals surface area contributed by atoms with E-state index in [4.69, 9.17) is 0 Å². The van der Waals surface area contributed by atoms with Gasteiger partial charge in [-0.15, -0.1) is 10.2 Å². The highest BCUT2D eigenvalue weighted by Gasteiger charge is 2.08. The van der Waals surface area contributed by atoms with Crippen LogP contribution in [-0.4, -0.2) is 31.6 Å². The number of hydrogen-bond acceptors (Lipinski definition) is 5. The Bertz CT molecular complexity index is 1140. The van der Waals surface area contributed by atoms with Crippen LogP contribution in [0.4, 0.5) is 5.69 Å². The number of nitrogens with zero attached hydrogens (tertiary/aromatic N) is 4. The molecule has 0 aliphatic rings.